The molecular weight excluding hydrogens is 242 g/mol. The van der Waals surface area contributed by atoms with E-state index in [0.29, 0.717) is 18.3 Å². The summed E-state index contributed by atoms with van der Waals surface area (Å²) in [5.74, 6) is 1.96. The molecule has 0 radical (unpaired) electrons. The highest BCUT2D eigenvalue weighted by atomic mass is 16.5. The van der Waals surface area contributed by atoms with Crippen LogP contribution in [0.1, 0.15) is 29.8 Å². The Hall–Kier alpha value is -1.88. The molecule has 0 fully saturated rings. The molecule has 0 saturated carbocycles. The molecule has 1 aromatic carbocycles. The van der Waals surface area contributed by atoms with Gasteiger partial charge >= 0.3 is 0 Å². The number of aromatic nitrogens is 2. The summed E-state index contributed by atoms with van der Waals surface area (Å²) in [5, 5.41) is 7.04. The van der Waals surface area contributed by atoms with Gasteiger partial charge in [-0.25, -0.2) is 0 Å². The predicted molar refractivity (Wildman–Crippen MR) is 71.9 cm³/mol. The highest BCUT2D eigenvalue weighted by Crippen LogP contribution is 2.21. The van der Waals surface area contributed by atoms with Gasteiger partial charge in [-0.05, 0) is 26.5 Å². The second kappa shape index (κ2) is 6.33. The van der Waals surface area contributed by atoms with Crippen LogP contribution < -0.4 is 10.1 Å². The second-order valence-corrected chi connectivity index (χ2v) is 4.42. The Bertz CT molecular complexity index is 537. The summed E-state index contributed by atoms with van der Waals surface area (Å²) >= 11 is 0. The summed E-state index contributed by atoms with van der Waals surface area (Å²) in [7, 11) is 0. The Balaban J connectivity index is 2.05. The lowest BCUT2D eigenvalue weighted by atomic mass is 10.1. The molecule has 5 heteroatoms. The summed E-state index contributed by atoms with van der Waals surface area (Å²) in [6, 6.07) is 6.13. The third-order valence-corrected chi connectivity index (χ3v) is 2.70. The third-order valence-electron chi connectivity index (χ3n) is 2.70. The molecule has 0 aliphatic carbocycles. The van der Waals surface area contributed by atoms with E-state index < -0.39 is 0 Å². The van der Waals surface area contributed by atoms with Crippen LogP contribution in [0.5, 0.6) is 5.75 Å². The molecule has 2 aromatic rings. The van der Waals surface area contributed by atoms with E-state index in [9.17, 15) is 0 Å². The van der Waals surface area contributed by atoms with Crippen molar-refractivity contribution in [3.63, 3.8) is 0 Å². The zero-order valence-corrected chi connectivity index (χ0v) is 11.6. The fourth-order valence-electron chi connectivity index (χ4n) is 1.79. The first-order chi connectivity index (χ1) is 9.19. The number of aryl methyl sites for hydroxylation is 2. The van der Waals surface area contributed by atoms with Gasteiger partial charge in [-0.1, -0.05) is 29.8 Å². The zero-order valence-electron chi connectivity index (χ0n) is 11.6. The fourth-order valence-corrected chi connectivity index (χ4v) is 1.79. The quantitative estimate of drug-likeness (QED) is 0.865. The minimum absolute atomic E-state index is 0.295. The number of benzene rings is 1. The number of hydrogen-bond donors (Lipinski definition) is 1. The molecule has 1 N–H and O–H groups in total. The van der Waals surface area contributed by atoms with E-state index in [1.165, 1.54) is 5.56 Å². The molecule has 0 saturated heterocycles. The first-order valence-electron chi connectivity index (χ1n) is 6.41. The molecule has 0 aliphatic rings. The van der Waals surface area contributed by atoms with E-state index in [2.05, 4.69) is 35.4 Å². The topological polar surface area (TPSA) is 60.2 Å². The molecule has 102 valence electrons. The number of rotatable bonds is 6. The van der Waals surface area contributed by atoms with Gasteiger partial charge in [0.25, 0.3) is 5.89 Å². The smallest absolute Gasteiger partial charge is 0.264 e. The molecule has 1 aromatic heterocycles. The van der Waals surface area contributed by atoms with Crippen LogP contribution in [0.3, 0.4) is 0 Å². The standard InChI is InChI=1S/C14H19N3O2/c1-4-15-8-12-7-10(2)5-6-13(12)18-9-14-16-11(3)17-19-14/h5-7,15H,4,8-9H2,1-3H3. The van der Waals surface area contributed by atoms with Crippen molar-refractivity contribution in [2.45, 2.75) is 33.9 Å². The predicted octanol–water partition coefficient (Wildman–Crippen LogP) is 2.37. The Kier molecular flexibility index (Phi) is 4.52. The molecule has 0 spiro atoms. The van der Waals surface area contributed by atoms with Gasteiger partial charge in [-0.2, -0.15) is 4.98 Å². The lowest BCUT2D eigenvalue weighted by molar-refractivity contribution is 0.240. The van der Waals surface area contributed by atoms with E-state index in [-0.39, 0.29) is 0 Å². The highest BCUT2D eigenvalue weighted by Gasteiger charge is 2.07. The fraction of sp³-hybridized carbons (Fsp3) is 0.429. The number of hydrogen-bond acceptors (Lipinski definition) is 5. The van der Waals surface area contributed by atoms with Crippen LogP contribution in [0.2, 0.25) is 0 Å². The summed E-state index contributed by atoms with van der Waals surface area (Å²) in [4.78, 5) is 4.12. The van der Waals surface area contributed by atoms with Gasteiger partial charge in [0, 0.05) is 12.1 Å². The molecule has 0 atom stereocenters. The molecular formula is C14H19N3O2. The number of ether oxygens (including phenoxy) is 1. The number of nitrogens with zero attached hydrogens (tertiary/aromatic N) is 2. The van der Waals surface area contributed by atoms with E-state index >= 15 is 0 Å². The molecule has 2 rings (SSSR count). The summed E-state index contributed by atoms with van der Waals surface area (Å²) in [6.07, 6.45) is 0. The molecule has 1 heterocycles. The van der Waals surface area contributed by atoms with Gasteiger partial charge in [0.15, 0.2) is 12.4 Å². The Morgan fingerprint density at radius 1 is 1.32 bits per heavy atom. The van der Waals surface area contributed by atoms with E-state index in [1.807, 2.05) is 12.1 Å². The normalized spacial score (nSPS) is 10.7. The lowest BCUT2D eigenvalue weighted by Crippen LogP contribution is -2.13. The largest absolute Gasteiger partial charge is 0.483 e. The van der Waals surface area contributed by atoms with Crippen molar-refractivity contribution >= 4 is 0 Å². The van der Waals surface area contributed by atoms with Gasteiger partial charge in [0.1, 0.15) is 5.75 Å². The molecule has 5 nitrogen and oxygen atoms in total. The average molecular weight is 261 g/mol. The monoisotopic (exact) mass is 261 g/mol. The second-order valence-electron chi connectivity index (χ2n) is 4.42. The summed E-state index contributed by atoms with van der Waals surface area (Å²) < 4.78 is 10.8. The first-order valence-corrected chi connectivity index (χ1v) is 6.41. The average Bonchev–Trinajstić information content (AvgIpc) is 2.81. The first kappa shape index (κ1) is 13.5. The van der Waals surface area contributed by atoms with Crippen molar-refractivity contribution < 1.29 is 9.26 Å². The van der Waals surface area contributed by atoms with Crippen molar-refractivity contribution in [2.24, 2.45) is 0 Å². The molecule has 0 amide bonds. The lowest BCUT2D eigenvalue weighted by Gasteiger charge is -2.11. The molecule has 0 bridgehead atoms. The van der Waals surface area contributed by atoms with E-state index in [1.54, 1.807) is 6.92 Å². The maximum atomic E-state index is 5.75. The Morgan fingerprint density at radius 2 is 2.16 bits per heavy atom. The minimum Gasteiger partial charge on any atom is -0.483 e. The van der Waals surface area contributed by atoms with E-state index in [4.69, 9.17) is 9.26 Å². The van der Waals surface area contributed by atoms with Crippen molar-refractivity contribution in [2.75, 3.05) is 6.54 Å². The third kappa shape index (κ3) is 3.79. The maximum Gasteiger partial charge on any atom is 0.264 e. The van der Waals surface area contributed by atoms with Gasteiger partial charge in [-0.15, -0.1) is 0 Å². The van der Waals surface area contributed by atoms with Crippen molar-refractivity contribution in [3.05, 3.63) is 41.0 Å². The Labute approximate surface area is 113 Å². The van der Waals surface area contributed by atoms with Crippen molar-refractivity contribution in [1.82, 2.24) is 15.5 Å². The van der Waals surface area contributed by atoms with Crippen molar-refractivity contribution in [3.8, 4) is 5.75 Å². The van der Waals surface area contributed by atoms with Crippen LogP contribution in [-0.4, -0.2) is 16.7 Å². The minimum atomic E-state index is 0.295. The van der Waals surface area contributed by atoms with Gasteiger partial charge in [0.05, 0.1) is 0 Å². The van der Waals surface area contributed by atoms with Crippen molar-refractivity contribution in [1.29, 1.82) is 0 Å². The van der Waals surface area contributed by atoms with Crippen LogP contribution >= 0.6 is 0 Å². The van der Waals surface area contributed by atoms with Crippen LogP contribution in [0.4, 0.5) is 0 Å². The SMILES string of the molecule is CCNCc1cc(C)ccc1OCc1nc(C)no1. The summed E-state index contributed by atoms with van der Waals surface area (Å²) in [6.45, 7) is 7.95. The zero-order chi connectivity index (χ0) is 13.7. The van der Waals surface area contributed by atoms with Gasteiger partial charge < -0.3 is 14.6 Å². The van der Waals surface area contributed by atoms with Gasteiger partial charge in [0.2, 0.25) is 0 Å². The van der Waals surface area contributed by atoms with Crippen LogP contribution in [0.15, 0.2) is 22.7 Å². The molecule has 0 aliphatic heterocycles. The highest BCUT2D eigenvalue weighted by molar-refractivity contribution is 5.36. The van der Waals surface area contributed by atoms with Crippen LogP contribution in [-0.2, 0) is 13.2 Å². The van der Waals surface area contributed by atoms with Crippen LogP contribution in [0, 0.1) is 13.8 Å². The Morgan fingerprint density at radius 3 is 2.84 bits per heavy atom. The number of nitrogens with one attached hydrogen (secondary N) is 1. The summed E-state index contributed by atoms with van der Waals surface area (Å²) in [5.41, 5.74) is 2.35. The molecule has 19 heavy (non-hydrogen) atoms. The molecule has 0 unspecified atom stereocenters. The van der Waals surface area contributed by atoms with E-state index in [0.717, 1.165) is 24.4 Å². The van der Waals surface area contributed by atoms with Gasteiger partial charge in [-0.3, -0.25) is 0 Å². The maximum absolute atomic E-state index is 5.75. The van der Waals surface area contributed by atoms with Crippen LogP contribution in [0.25, 0.3) is 0 Å².